The van der Waals surface area contributed by atoms with Crippen molar-refractivity contribution < 1.29 is 29.3 Å². The van der Waals surface area contributed by atoms with E-state index in [2.05, 4.69) is 16.9 Å². The second-order valence-electron chi connectivity index (χ2n) is 11.1. The molecule has 4 N–H and O–H groups in total. The molecule has 1 aromatic heterocycles. The number of fused-ring (bicyclic) bond motifs is 1. The lowest BCUT2D eigenvalue weighted by Gasteiger charge is -2.49. The van der Waals surface area contributed by atoms with Gasteiger partial charge in [-0.2, -0.15) is 5.26 Å². The first-order chi connectivity index (χ1) is 18.3. The van der Waals surface area contributed by atoms with Gasteiger partial charge in [0, 0.05) is 24.0 Å². The Morgan fingerprint density at radius 1 is 1.33 bits per heavy atom. The van der Waals surface area contributed by atoms with Crippen LogP contribution in [0.15, 0.2) is 24.3 Å². The first kappa shape index (κ1) is 29.8. The lowest BCUT2D eigenvalue weighted by molar-refractivity contribution is -0.296. The molecule has 10 atom stereocenters. The van der Waals surface area contributed by atoms with E-state index in [0.29, 0.717) is 18.5 Å². The second kappa shape index (κ2) is 11.4. The molecule has 0 spiro atoms. The molecule has 212 valence electrons. The Balaban J connectivity index is 1.52. The second-order valence-corrected chi connectivity index (χ2v) is 11.8. The number of aromatic amines is 1. The van der Waals surface area contributed by atoms with Gasteiger partial charge in [-0.1, -0.05) is 54.4 Å². The van der Waals surface area contributed by atoms with Gasteiger partial charge in [-0.25, -0.2) is 0 Å². The SMILES string of the molecule is C=C1CC[C@@H](O[C@H]2C[C@@](O)([C@H](C)NC(=O)c3[nH]c(C)c(Cl)c3Cl)[C@H](O)[C@@H](C)O2)[C@@H]2C=C[C@H](C)[C@H](C(=O)C#N)[C@@H]12. The van der Waals surface area contributed by atoms with E-state index in [1.54, 1.807) is 26.8 Å². The molecule has 1 aromatic rings. The van der Waals surface area contributed by atoms with Crippen molar-refractivity contribution in [2.45, 2.75) is 83.2 Å². The monoisotopic (exact) mass is 579 g/mol. The molecule has 4 rings (SSSR count). The highest BCUT2D eigenvalue weighted by atomic mass is 35.5. The Labute approximate surface area is 238 Å². The van der Waals surface area contributed by atoms with E-state index in [1.807, 2.05) is 19.1 Å². The maximum Gasteiger partial charge on any atom is 0.269 e. The molecule has 0 radical (unpaired) electrons. The quantitative estimate of drug-likeness (QED) is 0.296. The summed E-state index contributed by atoms with van der Waals surface area (Å²) in [6.07, 6.45) is 1.73. The molecule has 39 heavy (non-hydrogen) atoms. The van der Waals surface area contributed by atoms with Crippen LogP contribution in [-0.4, -0.2) is 63.1 Å². The third-order valence-electron chi connectivity index (χ3n) is 8.59. The zero-order valence-electron chi connectivity index (χ0n) is 22.4. The normalized spacial score (nSPS) is 37.1. The highest BCUT2D eigenvalue weighted by Gasteiger charge is 2.53. The minimum Gasteiger partial charge on any atom is -0.387 e. The van der Waals surface area contributed by atoms with Crippen LogP contribution in [0.25, 0.3) is 0 Å². The molecule has 1 saturated carbocycles. The minimum absolute atomic E-state index is 0.0604. The number of allylic oxidation sites excluding steroid dienone is 2. The number of Topliss-reactive ketones (excluding diaryl/α,β-unsaturated/α-hetero) is 1. The van der Waals surface area contributed by atoms with E-state index in [1.165, 1.54) is 0 Å². The fraction of sp³-hybridized carbons (Fsp3) is 0.607. The van der Waals surface area contributed by atoms with Crippen LogP contribution >= 0.6 is 23.2 Å². The first-order valence-corrected chi connectivity index (χ1v) is 13.9. The number of aliphatic hydroxyl groups excluding tert-OH is 1. The van der Waals surface area contributed by atoms with Crippen molar-refractivity contribution in [1.82, 2.24) is 10.3 Å². The number of aromatic nitrogens is 1. The number of rotatable bonds is 6. The number of ether oxygens (including phenoxy) is 2. The molecule has 0 aromatic carbocycles. The van der Waals surface area contributed by atoms with Gasteiger partial charge in [-0.3, -0.25) is 9.59 Å². The number of hydrogen-bond donors (Lipinski definition) is 4. The topological polar surface area (TPSA) is 145 Å². The van der Waals surface area contributed by atoms with E-state index in [9.17, 15) is 25.1 Å². The molecule has 2 aliphatic carbocycles. The Morgan fingerprint density at radius 3 is 2.64 bits per heavy atom. The maximum atomic E-state index is 12.9. The molecule has 2 fully saturated rings. The van der Waals surface area contributed by atoms with Crippen molar-refractivity contribution in [2.24, 2.45) is 23.7 Å². The molecule has 2 heterocycles. The van der Waals surface area contributed by atoms with Gasteiger partial charge in [0.2, 0.25) is 5.78 Å². The summed E-state index contributed by atoms with van der Waals surface area (Å²) in [4.78, 5) is 28.3. The van der Waals surface area contributed by atoms with Crippen molar-refractivity contribution in [3.63, 3.8) is 0 Å². The van der Waals surface area contributed by atoms with Crippen LogP contribution in [0.5, 0.6) is 0 Å². The number of carbonyl (C=O) groups excluding carboxylic acids is 2. The minimum atomic E-state index is -1.79. The molecule has 0 unspecified atom stereocenters. The van der Waals surface area contributed by atoms with E-state index in [0.717, 1.165) is 5.57 Å². The van der Waals surface area contributed by atoms with Crippen molar-refractivity contribution in [3.05, 3.63) is 45.7 Å². The molecular formula is C28H35Cl2N3O6. The summed E-state index contributed by atoms with van der Waals surface area (Å²) in [5.74, 6) is -2.07. The number of ketones is 1. The highest BCUT2D eigenvalue weighted by molar-refractivity contribution is 6.44. The standard InChI is InChI=1S/C28H35Cl2N3O6/c1-12-7-9-19(17-8-6-13(2)22(21(12)17)18(34)11-31)39-20-10-28(37,26(35)15(4)38-20)16(5)33-27(36)25-24(30)23(29)14(3)32-25/h6,8,13,15-17,19-22,26,32,35,37H,1,7,9-10H2,2-5H3,(H,33,36)/t13-,15+,16-,17-,19+,20-,21-,22+,26+,28+/m0/s1. The van der Waals surface area contributed by atoms with Crippen LogP contribution in [0.3, 0.4) is 0 Å². The van der Waals surface area contributed by atoms with E-state index in [4.69, 9.17) is 32.7 Å². The molecule has 1 amide bonds. The van der Waals surface area contributed by atoms with Gasteiger partial charge in [0.25, 0.3) is 5.91 Å². The Morgan fingerprint density at radius 2 is 2.03 bits per heavy atom. The molecule has 1 saturated heterocycles. The average Bonchev–Trinajstić information content (AvgIpc) is 3.15. The van der Waals surface area contributed by atoms with Crippen molar-refractivity contribution in [3.8, 4) is 6.07 Å². The van der Waals surface area contributed by atoms with Crippen LogP contribution in [-0.2, 0) is 14.3 Å². The fourth-order valence-corrected chi connectivity index (χ4v) is 6.72. The van der Waals surface area contributed by atoms with Gasteiger partial charge in [-0.15, -0.1) is 0 Å². The molecule has 3 aliphatic rings. The van der Waals surface area contributed by atoms with Gasteiger partial charge >= 0.3 is 0 Å². The Hall–Kier alpha value is -2.19. The van der Waals surface area contributed by atoms with Crippen molar-refractivity contribution in [2.75, 3.05) is 0 Å². The van der Waals surface area contributed by atoms with Gasteiger partial charge in [-0.05, 0) is 45.4 Å². The number of nitrogens with one attached hydrogen (secondary N) is 2. The van der Waals surface area contributed by atoms with E-state index in [-0.39, 0.29) is 46.0 Å². The smallest absolute Gasteiger partial charge is 0.269 e. The fourth-order valence-electron chi connectivity index (χ4n) is 6.30. The number of carbonyl (C=O) groups is 2. The predicted molar refractivity (Wildman–Crippen MR) is 145 cm³/mol. The summed E-state index contributed by atoms with van der Waals surface area (Å²) in [5.41, 5.74) is -0.275. The van der Waals surface area contributed by atoms with Crippen LogP contribution < -0.4 is 5.32 Å². The first-order valence-electron chi connectivity index (χ1n) is 13.2. The number of aliphatic hydroxyl groups is 2. The number of nitriles is 1. The van der Waals surface area contributed by atoms with Gasteiger partial charge in [0.15, 0.2) is 6.29 Å². The zero-order valence-corrected chi connectivity index (χ0v) is 23.9. The molecule has 9 nitrogen and oxygen atoms in total. The summed E-state index contributed by atoms with van der Waals surface area (Å²) in [7, 11) is 0. The summed E-state index contributed by atoms with van der Waals surface area (Å²) >= 11 is 12.3. The molecule has 1 aliphatic heterocycles. The van der Waals surface area contributed by atoms with E-state index < -0.39 is 47.7 Å². The number of H-pyrrole nitrogens is 1. The summed E-state index contributed by atoms with van der Waals surface area (Å²) < 4.78 is 12.3. The highest BCUT2D eigenvalue weighted by Crippen LogP contribution is 2.47. The number of aryl methyl sites for hydroxylation is 1. The number of nitrogens with zero attached hydrogens (tertiary/aromatic N) is 1. The predicted octanol–water partition coefficient (Wildman–Crippen LogP) is 3.86. The third kappa shape index (κ3) is 5.43. The number of halogens is 2. The van der Waals surface area contributed by atoms with Crippen LogP contribution in [0.1, 0.15) is 56.2 Å². The molecule has 0 bridgehead atoms. The van der Waals surface area contributed by atoms with Gasteiger partial charge in [0.05, 0.1) is 28.3 Å². The Bertz CT molecular complexity index is 1220. The summed E-state index contributed by atoms with van der Waals surface area (Å²) in [6, 6.07) is 0.877. The zero-order chi connectivity index (χ0) is 28.8. The van der Waals surface area contributed by atoms with Crippen molar-refractivity contribution in [1.29, 1.82) is 5.26 Å². The lowest BCUT2D eigenvalue weighted by Crippen LogP contribution is -2.66. The molecular weight excluding hydrogens is 545 g/mol. The lowest BCUT2D eigenvalue weighted by atomic mass is 9.61. The average molecular weight is 581 g/mol. The summed E-state index contributed by atoms with van der Waals surface area (Å²) in [6.45, 7) is 11.0. The van der Waals surface area contributed by atoms with Gasteiger partial charge in [0.1, 0.15) is 23.5 Å². The molecule has 11 heteroatoms. The Kier molecular flexibility index (Phi) is 8.67. The van der Waals surface area contributed by atoms with Crippen LogP contribution in [0.2, 0.25) is 10.0 Å². The maximum absolute atomic E-state index is 12.9. The largest absolute Gasteiger partial charge is 0.387 e. The van der Waals surface area contributed by atoms with Crippen molar-refractivity contribution >= 4 is 34.9 Å². The van der Waals surface area contributed by atoms with E-state index >= 15 is 0 Å². The van der Waals surface area contributed by atoms with Gasteiger partial charge < -0.3 is 30.0 Å². The van der Waals surface area contributed by atoms with Crippen LogP contribution in [0.4, 0.5) is 0 Å². The number of amides is 1. The summed E-state index contributed by atoms with van der Waals surface area (Å²) in [5, 5.41) is 34.9. The third-order valence-corrected chi connectivity index (χ3v) is 9.54. The van der Waals surface area contributed by atoms with Crippen LogP contribution in [0, 0.1) is 41.9 Å². The number of hydrogen-bond acceptors (Lipinski definition) is 7.